The summed E-state index contributed by atoms with van der Waals surface area (Å²) in [5.41, 5.74) is -0.0521. The lowest BCUT2D eigenvalue weighted by Gasteiger charge is -2.13. The molecule has 2 N–H and O–H groups in total. The minimum Gasteiger partial charge on any atom is -0.376 e. The number of ether oxygens (including phenoxy) is 1. The van der Waals surface area contributed by atoms with E-state index < -0.39 is 4.92 Å². The van der Waals surface area contributed by atoms with Gasteiger partial charge in [-0.1, -0.05) is 0 Å². The average molecular weight is 282 g/mol. The Labute approximate surface area is 115 Å². The molecule has 0 unspecified atom stereocenters. The number of aromatic nitrogens is 1. The molecule has 0 bridgehead atoms. The molecule has 1 saturated heterocycles. The maximum Gasteiger partial charge on any atom is 0.287 e. The van der Waals surface area contributed by atoms with Crippen molar-refractivity contribution in [1.29, 1.82) is 0 Å². The molecule has 2 heterocycles. The summed E-state index contributed by atoms with van der Waals surface area (Å²) >= 11 is 5.10. The summed E-state index contributed by atoms with van der Waals surface area (Å²) in [6.07, 6.45) is 3.50. The molecule has 0 radical (unpaired) electrons. The number of anilines is 1. The van der Waals surface area contributed by atoms with Crippen LogP contribution in [0.5, 0.6) is 0 Å². The second kappa shape index (κ2) is 6.39. The standard InChI is InChI=1S/C11H14N4O3S/c16-15(17)8-3-4-10(12-6-8)14-11(19)13-7-9-2-1-5-18-9/h3-4,6,9H,1-2,5,7H2,(H2,12,13,14,19)/t9-/m1/s1. The van der Waals surface area contributed by atoms with Crippen LogP contribution in [-0.2, 0) is 4.74 Å². The molecular formula is C11H14N4O3S. The van der Waals surface area contributed by atoms with Gasteiger partial charge < -0.3 is 15.4 Å². The summed E-state index contributed by atoms with van der Waals surface area (Å²) in [6.45, 7) is 1.45. The van der Waals surface area contributed by atoms with Gasteiger partial charge in [0.15, 0.2) is 5.11 Å². The Hall–Kier alpha value is -1.80. The zero-order valence-corrected chi connectivity index (χ0v) is 11.0. The molecule has 0 saturated carbocycles. The van der Waals surface area contributed by atoms with E-state index in [9.17, 15) is 10.1 Å². The van der Waals surface area contributed by atoms with Crippen LogP contribution >= 0.6 is 12.2 Å². The minimum absolute atomic E-state index is 0.0521. The van der Waals surface area contributed by atoms with E-state index >= 15 is 0 Å². The molecule has 0 aliphatic carbocycles. The fourth-order valence-electron chi connectivity index (χ4n) is 1.74. The molecule has 1 aromatic rings. The summed E-state index contributed by atoms with van der Waals surface area (Å²) in [5.74, 6) is 0.468. The first-order valence-corrected chi connectivity index (χ1v) is 6.33. The zero-order valence-electron chi connectivity index (χ0n) is 10.2. The first kappa shape index (κ1) is 13.6. The number of nitrogens with one attached hydrogen (secondary N) is 2. The van der Waals surface area contributed by atoms with E-state index in [2.05, 4.69) is 15.6 Å². The highest BCUT2D eigenvalue weighted by molar-refractivity contribution is 7.80. The number of thiocarbonyl (C=S) groups is 1. The van der Waals surface area contributed by atoms with Gasteiger partial charge in [0.2, 0.25) is 0 Å². The molecule has 7 nitrogen and oxygen atoms in total. The molecule has 2 rings (SSSR count). The number of nitrogens with zero attached hydrogens (tertiary/aromatic N) is 2. The molecule has 0 aromatic carbocycles. The van der Waals surface area contributed by atoms with E-state index in [1.165, 1.54) is 18.3 Å². The molecule has 19 heavy (non-hydrogen) atoms. The van der Waals surface area contributed by atoms with Crippen LogP contribution in [0.2, 0.25) is 0 Å². The van der Waals surface area contributed by atoms with Crippen molar-refractivity contribution in [3.05, 3.63) is 28.4 Å². The van der Waals surface area contributed by atoms with Crippen molar-refractivity contribution < 1.29 is 9.66 Å². The Balaban J connectivity index is 1.79. The fraction of sp³-hybridized carbons (Fsp3) is 0.455. The van der Waals surface area contributed by atoms with Gasteiger partial charge >= 0.3 is 0 Å². The first-order chi connectivity index (χ1) is 9.15. The molecule has 102 valence electrons. The molecule has 1 aromatic heterocycles. The maximum absolute atomic E-state index is 10.5. The molecule has 0 spiro atoms. The first-order valence-electron chi connectivity index (χ1n) is 5.92. The van der Waals surface area contributed by atoms with Gasteiger partial charge in [-0.15, -0.1) is 0 Å². The summed E-state index contributed by atoms with van der Waals surface area (Å²) in [4.78, 5) is 13.9. The van der Waals surface area contributed by atoms with Crippen molar-refractivity contribution in [3.8, 4) is 0 Å². The molecular weight excluding hydrogens is 268 g/mol. The number of hydrogen-bond donors (Lipinski definition) is 2. The highest BCUT2D eigenvalue weighted by atomic mass is 32.1. The number of nitro groups is 1. The minimum atomic E-state index is -0.495. The third-order valence-corrected chi connectivity index (χ3v) is 2.96. The molecule has 0 amide bonds. The summed E-state index contributed by atoms with van der Waals surface area (Å²) < 4.78 is 5.46. The highest BCUT2D eigenvalue weighted by Gasteiger charge is 2.15. The Bertz CT molecular complexity index is 460. The van der Waals surface area contributed by atoms with Gasteiger partial charge in [0.1, 0.15) is 12.0 Å². The van der Waals surface area contributed by atoms with E-state index in [0.29, 0.717) is 17.5 Å². The van der Waals surface area contributed by atoms with Crippen molar-refractivity contribution in [2.45, 2.75) is 18.9 Å². The predicted octanol–water partition coefficient (Wildman–Crippen LogP) is 1.46. The van der Waals surface area contributed by atoms with Gasteiger partial charge in [-0.25, -0.2) is 4.98 Å². The smallest absolute Gasteiger partial charge is 0.287 e. The Morgan fingerprint density at radius 1 is 1.63 bits per heavy atom. The molecule has 1 aliphatic heterocycles. The second-order valence-electron chi connectivity index (χ2n) is 4.13. The monoisotopic (exact) mass is 282 g/mol. The number of pyridine rings is 1. The lowest BCUT2D eigenvalue weighted by Crippen LogP contribution is -2.35. The van der Waals surface area contributed by atoms with Crippen LogP contribution in [0.4, 0.5) is 11.5 Å². The van der Waals surface area contributed by atoms with Crippen molar-refractivity contribution in [2.24, 2.45) is 0 Å². The van der Waals surface area contributed by atoms with Gasteiger partial charge in [0.05, 0.1) is 11.0 Å². The molecule has 1 atom stereocenters. The van der Waals surface area contributed by atoms with Crippen LogP contribution in [0, 0.1) is 10.1 Å². The van der Waals surface area contributed by atoms with Crippen molar-refractivity contribution in [1.82, 2.24) is 10.3 Å². The second-order valence-corrected chi connectivity index (χ2v) is 4.54. The van der Waals surface area contributed by atoms with Crippen LogP contribution < -0.4 is 10.6 Å². The maximum atomic E-state index is 10.5. The van der Waals surface area contributed by atoms with E-state index in [1.807, 2.05) is 0 Å². The van der Waals surface area contributed by atoms with Crippen molar-refractivity contribution >= 4 is 28.8 Å². The van der Waals surface area contributed by atoms with E-state index in [1.54, 1.807) is 0 Å². The highest BCUT2D eigenvalue weighted by Crippen LogP contribution is 2.12. The topological polar surface area (TPSA) is 89.3 Å². The lowest BCUT2D eigenvalue weighted by atomic mass is 10.2. The van der Waals surface area contributed by atoms with Gasteiger partial charge in [-0.05, 0) is 31.1 Å². The zero-order chi connectivity index (χ0) is 13.7. The van der Waals surface area contributed by atoms with Gasteiger partial charge in [-0.2, -0.15) is 0 Å². The van der Waals surface area contributed by atoms with Gasteiger partial charge in [0.25, 0.3) is 5.69 Å². The fourth-order valence-corrected chi connectivity index (χ4v) is 1.93. The van der Waals surface area contributed by atoms with Crippen LogP contribution in [0.3, 0.4) is 0 Å². The normalized spacial score (nSPS) is 18.0. The Morgan fingerprint density at radius 2 is 2.47 bits per heavy atom. The summed E-state index contributed by atoms with van der Waals surface area (Å²) in [6, 6.07) is 2.89. The quantitative estimate of drug-likeness (QED) is 0.491. The van der Waals surface area contributed by atoms with Crippen LogP contribution in [0.15, 0.2) is 18.3 Å². The van der Waals surface area contributed by atoms with Gasteiger partial charge in [-0.3, -0.25) is 10.1 Å². The van der Waals surface area contributed by atoms with E-state index in [4.69, 9.17) is 17.0 Å². The largest absolute Gasteiger partial charge is 0.376 e. The SMILES string of the molecule is O=[N+]([O-])c1ccc(NC(=S)NC[C@H]2CCCO2)nc1. The average Bonchev–Trinajstić information content (AvgIpc) is 2.90. The Kier molecular flexibility index (Phi) is 4.58. The van der Waals surface area contributed by atoms with Crippen LogP contribution in [-0.4, -0.2) is 34.3 Å². The van der Waals surface area contributed by atoms with Crippen LogP contribution in [0.25, 0.3) is 0 Å². The molecule has 8 heteroatoms. The molecule has 1 fully saturated rings. The lowest BCUT2D eigenvalue weighted by molar-refractivity contribution is -0.385. The number of rotatable bonds is 4. The summed E-state index contributed by atoms with van der Waals surface area (Å²) in [7, 11) is 0. The van der Waals surface area contributed by atoms with E-state index in [-0.39, 0.29) is 11.8 Å². The summed E-state index contributed by atoms with van der Waals surface area (Å²) in [5, 5.41) is 16.8. The number of hydrogen-bond acceptors (Lipinski definition) is 5. The predicted molar refractivity (Wildman–Crippen MR) is 74.1 cm³/mol. The Morgan fingerprint density at radius 3 is 3.05 bits per heavy atom. The molecule has 1 aliphatic rings. The van der Waals surface area contributed by atoms with E-state index in [0.717, 1.165) is 19.4 Å². The van der Waals surface area contributed by atoms with Crippen LogP contribution in [0.1, 0.15) is 12.8 Å². The van der Waals surface area contributed by atoms with Crippen molar-refractivity contribution in [2.75, 3.05) is 18.5 Å². The third-order valence-electron chi connectivity index (χ3n) is 2.71. The third kappa shape index (κ3) is 4.11. The van der Waals surface area contributed by atoms with Gasteiger partial charge in [0, 0.05) is 19.2 Å². The van der Waals surface area contributed by atoms with Crippen molar-refractivity contribution in [3.63, 3.8) is 0 Å².